The van der Waals surface area contributed by atoms with Gasteiger partial charge in [0, 0.05) is 17.6 Å². The van der Waals surface area contributed by atoms with Crippen molar-refractivity contribution in [1.29, 1.82) is 0 Å². The molecule has 0 unspecified atom stereocenters. The van der Waals surface area contributed by atoms with Gasteiger partial charge in [-0.15, -0.1) is 0 Å². The number of amides is 2. The van der Waals surface area contributed by atoms with Crippen molar-refractivity contribution in [2.45, 2.75) is 64.6 Å². The first-order valence-electron chi connectivity index (χ1n) is 12.9. The topological polar surface area (TPSA) is 86.8 Å². The van der Waals surface area contributed by atoms with E-state index in [1.165, 1.54) is 23.1 Å². The molecule has 0 bridgehead atoms. The van der Waals surface area contributed by atoms with E-state index in [1.807, 2.05) is 52.0 Å². The number of nitrogens with zero attached hydrogens (tertiary/aromatic N) is 2. The van der Waals surface area contributed by atoms with E-state index < -0.39 is 28.5 Å². The van der Waals surface area contributed by atoms with E-state index in [2.05, 4.69) is 5.32 Å². The second-order valence-corrected chi connectivity index (χ2v) is 12.0. The van der Waals surface area contributed by atoms with Gasteiger partial charge in [0.25, 0.3) is 10.0 Å². The number of hydrogen-bond acceptors (Lipinski definition) is 4. The largest absolute Gasteiger partial charge is 0.352 e. The van der Waals surface area contributed by atoms with Crippen molar-refractivity contribution in [3.63, 3.8) is 0 Å². The highest BCUT2D eigenvalue weighted by atomic mass is 35.5. The highest BCUT2D eigenvalue weighted by molar-refractivity contribution is 7.92. The molecule has 208 valence electrons. The number of hydrogen-bond donors (Lipinski definition) is 1. The minimum absolute atomic E-state index is 0.0437. The number of nitrogens with one attached hydrogen (secondary N) is 1. The Morgan fingerprint density at radius 2 is 1.59 bits per heavy atom. The van der Waals surface area contributed by atoms with Gasteiger partial charge >= 0.3 is 0 Å². The van der Waals surface area contributed by atoms with Crippen LogP contribution in [0.15, 0.2) is 77.7 Å². The molecule has 0 aliphatic carbocycles. The van der Waals surface area contributed by atoms with Gasteiger partial charge in [-0.2, -0.15) is 0 Å². The molecular weight excluding hydrogens is 534 g/mol. The molecule has 0 heterocycles. The molecule has 7 nitrogen and oxygen atoms in total. The van der Waals surface area contributed by atoms with Crippen molar-refractivity contribution in [2.24, 2.45) is 0 Å². The lowest BCUT2D eigenvalue weighted by Crippen LogP contribution is -2.52. The molecule has 0 saturated carbocycles. The van der Waals surface area contributed by atoms with Crippen LogP contribution in [0.4, 0.5) is 5.69 Å². The first kappa shape index (κ1) is 30.2. The van der Waals surface area contributed by atoms with Crippen LogP contribution in [0.5, 0.6) is 0 Å². The highest BCUT2D eigenvalue weighted by Crippen LogP contribution is 2.28. The smallest absolute Gasteiger partial charge is 0.264 e. The summed E-state index contributed by atoms with van der Waals surface area (Å²) in [6.45, 7) is 8.92. The van der Waals surface area contributed by atoms with Gasteiger partial charge in [0.2, 0.25) is 11.8 Å². The zero-order chi connectivity index (χ0) is 28.7. The number of benzene rings is 3. The fourth-order valence-corrected chi connectivity index (χ4v) is 5.53. The van der Waals surface area contributed by atoms with Crippen LogP contribution in [0.3, 0.4) is 0 Å². The van der Waals surface area contributed by atoms with Crippen molar-refractivity contribution >= 4 is 39.1 Å². The van der Waals surface area contributed by atoms with Crippen LogP contribution in [0, 0.1) is 13.8 Å². The summed E-state index contributed by atoms with van der Waals surface area (Å²) in [5.74, 6) is -0.820. The molecule has 0 aliphatic heterocycles. The molecule has 0 radical (unpaired) electrons. The second-order valence-electron chi connectivity index (χ2n) is 9.76. The van der Waals surface area contributed by atoms with Gasteiger partial charge in [-0.3, -0.25) is 13.9 Å². The first-order valence-corrected chi connectivity index (χ1v) is 14.7. The third kappa shape index (κ3) is 7.61. The van der Waals surface area contributed by atoms with Gasteiger partial charge in [-0.1, -0.05) is 72.6 Å². The molecule has 0 fully saturated rings. The summed E-state index contributed by atoms with van der Waals surface area (Å²) in [6.07, 6.45) is 0.738. The van der Waals surface area contributed by atoms with E-state index in [4.69, 9.17) is 11.6 Å². The maximum absolute atomic E-state index is 13.9. The Hall–Kier alpha value is -3.36. The maximum Gasteiger partial charge on any atom is 0.264 e. The molecule has 39 heavy (non-hydrogen) atoms. The van der Waals surface area contributed by atoms with Gasteiger partial charge < -0.3 is 10.2 Å². The summed E-state index contributed by atoms with van der Waals surface area (Å²) < 4.78 is 28.7. The number of aryl methyl sites for hydroxylation is 2. The molecule has 0 saturated heterocycles. The van der Waals surface area contributed by atoms with Crippen molar-refractivity contribution < 1.29 is 18.0 Å². The Kier molecular flexibility index (Phi) is 10.2. The zero-order valence-electron chi connectivity index (χ0n) is 23.0. The van der Waals surface area contributed by atoms with Crippen molar-refractivity contribution in [1.82, 2.24) is 10.2 Å². The SMILES string of the molecule is CC[C@@H](C)NC(=O)[C@@H](C)N(Cc1ccc(C)cc1)C(=O)CN(c1ccc(C)c(Cl)c1)S(=O)(=O)c1ccccc1. The van der Waals surface area contributed by atoms with Gasteiger partial charge in [0.15, 0.2) is 0 Å². The molecule has 3 aromatic rings. The Bertz CT molecular complexity index is 1400. The average Bonchev–Trinajstić information content (AvgIpc) is 2.92. The molecule has 3 aromatic carbocycles. The molecule has 1 N–H and O–H groups in total. The average molecular weight is 570 g/mol. The molecule has 2 amide bonds. The Morgan fingerprint density at radius 3 is 2.18 bits per heavy atom. The highest BCUT2D eigenvalue weighted by Gasteiger charge is 2.33. The van der Waals surface area contributed by atoms with E-state index >= 15 is 0 Å². The van der Waals surface area contributed by atoms with Crippen LogP contribution in [-0.4, -0.2) is 43.8 Å². The summed E-state index contributed by atoms with van der Waals surface area (Å²) in [7, 11) is -4.13. The van der Waals surface area contributed by atoms with Crippen molar-refractivity contribution in [2.75, 3.05) is 10.8 Å². The van der Waals surface area contributed by atoms with Gasteiger partial charge in [0.1, 0.15) is 12.6 Å². The molecular formula is C30H36ClN3O4S. The molecule has 2 atom stereocenters. The fourth-order valence-electron chi connectivity index (χ4n) is 3.92. The Balaban J connectivity index is 2.03. The number of carbonyl (C=O) groups excluding carboxylic acids is 2. The number of anilines is 1. The first-order chi connectivity index (χ1) is 18.4. The minimum Gasteiger partial charge on any atom is -0.352 e. The van der Waals surface area contributed by atoms with Crippen LogP contribution in [0.1, 0.15) is 43.9 Å². The monoisotopic (exact) mass is 569 g/mol. The van der Waals surface area contributed by atoms with Gasteiger partial charge in [0.05, 0.1) is 10.6 Å². The zero-order valence-corrected chi connectivity index (χ0v) is 24.6. The summed E-state index contributed by atoms with van der Waals surface area (Å²) in [4.78, 5) is 28.5. The summed E-state index contributed by atoms with van der Waals surface area (Å²) in [6, 6.07) is 19.6. The summed E-state index contributed by atoms with van der Waals surface area (Å²) in [5.41, 5.74) is 2.93. The van der Waals surface area contributed by atoms with Gasteiger partial charge in [-0.25, -0.2) is 8.42 Å². The van der Waals surface area contributed by atoms with E-state index in [0.29, 0.717) is 5.02 Å². The predicted octanol–water partition coefficient (Wildman–Crippen LogP) is 5.48. The van der Waals surface area contributed by atoms with E-state index in [9.17, 15) is 18.0 Å². The Morgan fingerprint density at radius 1 is 0.949 bits per heavy atom. The number of rotatable bonds is 11. The van der Waals surface area contributed by atoms with Crippen LogP contribution < -0.4 is 9.62 Å². The number of carbonyl (C=O) groups is 2. The van der Waals surface area contributed by atoms with E-state index in [1.54, 1.807) is 37.3 Å². The maximum atomic E-state index is 13.9. The molecule has 0 aromatic heterocycles. The number of sulfonamides is 1. The van der Waals surface area contributed by atoms with E-state index in [-0.39, 0.29) is 29.1 Å². The standard InChI is InChI=1S/C30H36ClN3O4S/c1-6-23(4)32-30(36)24(5)33(19-25-15-12-21(2)13-16-25)29(35)20-34(26-17-14-22(3)28(31)18-26)39(37,38)27-10-8-7-9-11-27/h7-18,23-24H,6,19-20H2,1-5H3,(H,32,36)/t23-,24-/m1/s1. The second kappa shape index (κ2) is 13.1. The summed E-state index contributed by atoms with van der Waals surface area (Å²) in [5, 5.41) is 3.31. The molecule has 0 aliphatic rings. The lowest BCUT2D eigenvalue weighted by atomic mass is 10.1. The van der Waals surface area contributed by atoms with Crippen LogP contribution >= 0.6 is 11.6 Å². The minimum atomic E-state index is -4.13. The third-order valence-electron chi connectivity index (χ3n) is 6.70. The van der Waals surface area contributed by atoms with E-state index in [0.717, 1.165) is 27.4 Å². The molecule has 0 spiro atoms. The van der Waals surface area contributed by atoms with Crippen LogP contribution in [0.25, 0.3) is 0 Å². The lowest BCUT2D eigenvalue weighted by Gasteiger charge is -2.32. The normalized spacial score (nSPS) is 12.9. The number of halogens is 1. The summed E-state index contributed by atoms with van der Waals surface area (Å²) >= 11 is 6.36. The quantitative estimate of drug-likeness (QED) is 0.331. The van der Waals surface area contributed by atoms with Gasteiger partial charge in [-0.05, 0) is 69.5 Å². The third-order valence-corrected chi connectivity index (χ3v) is 8.89. The predicted molar refractivity (Wildman–Crippen MR) is 156 cm³/mol. The van der Waals surface area contributed by atoms with Crippen molar-refractivity contribution in [3.8, 4) is 0 Å². The fraction of sp³-hybridized carbons (Fsp3) is 0.333. The van der Waals surface area contributed by atoms with Crippen molar-refractivity contribution in [3.05, 3.63) is 94.5 Å². The molecule has 3 rings (SSSR count). The Labute approximate surface area is 236 Å². The molecule has 9 heteroatoms. The van der Waals surface area contributed by atoms with Crippen LogP contribution in [-0.2, 0) is 26.2 Å². The van der Waals surface area contributed by atoms with Crippen LogP contribution in [0.2, 0.25) is 5.02 Å². The lowest BCUT2D eigenvalue weighted by molar-refractivity contribution is -0.139.